The molecule has 2 aliphatic rings. The lowest BCUT2D eigenvalue weighted by atomic mass is 10.0. The topological polar surface area (TPSA) is 65.5 Å². The number of hydrogen-bond acceptors (Lipinski definition) is 5. The maximum Gasteiger partial charge on any atom is 0.282 e. The van der Waals surface area contributed by atoms with Crippen LogP contribution in [0.4, 0.5) is 0 Å². The summed E-state index contributed by atoms with van der Waals surface area (Å²) in [6.07, 6.45) is 2.96. The molecule has 0 saturated carbocycles. The Morgan fingerprint density at radius 3 is 2.71 bits per heavy atom. The van der Waals surface area contributed by atoms with Gasteiger partial charge in [0.15, 0.2) is 0 Å². The Morgan fingerprint density at radius 2 is 2.12 bits per heavy atom. The second-order valence-electron chi connectivity index (χ2n) is 7.10. The molecule has 0 bridgehead atoms. The summed E-state index contributed by atoms with van der Waals surface area (Å²) in [7, 11) is -3.41. The molecule has 136 valence electrons. The third kappa shape index (κ3) is 4.16. The summed E-state index contributed by atoms with van der Waals surface area (Å²) in [6.45, 7) is 8.38. The molecule has 2 fully saturated rings. The van der Waals surface area contributed by atoms with Gasteiger partial charge in [-0.1, -0.05) is 6.92 Å². The number of nitrogens with one attached hydrogen (secondary N) is 1. The number of thiazole rings is 1. The van der Waals surface area contributed by atoms with Crippen LogP contribution in [-0.2, 0) is 16.8 Å². The molecule has 1 atom stereocenters. The van der Waals surface area contributed by atoms with Gasteiger partial charge in [-0.15, -0.1) is 11.3 Å². The average molecular weight is 373 g/mol. The van der Waals surface area contributed by atoms with Gasteiger partial charge in [0, 0.05) is 24.5 Å². The smallest absolute Gasteiger partial charge is 0.282 e. The van der Waals surface area contributed by atoms with Crippen LogP contribution in [0.2, 0.25) is 0 Å². The van der Waals surface area contributed by atoms with Gasteiger partial charge in [-0.25, -0.2) is 4.98 Å². The minimum absolute atomic E-state index is 0.400. The molecule has 2 aliphatic heterocycles. The zero-order chi connectivity index (χ0) is 17.2. The van der Waals surface area contributed by atoms with Crippen molar-refractivity contribution in [3.05, 3.63) is 16.1 Å². The molecule has 1 N–H and O–H groups in total. The molecule has 6 nitrogen and oxygen atoms in total. The fourth-order valence-electron chi connectivity index (χ4n) is 3.42. The Hall–Kier alpha value is -0.540. The Labute approximate surface area is 149 Å². The second-order valence-corrected chi connectivity index (χ2v) is 9.97. The highest BCUT2D eigenvalue weighted by molar-refractivity contribution is 7.86. The molecule has 0 aromatic carbocycles. The lowest BCUT2D eigenvalue weighted by Crippen LogP contribution is -2.48. The van der Waals surface area contributed by atoms with E-state index >= 15 is 0 Å². The first-order valence-electron chi connectivity index (χ1n) is 8.81. The summed E-state index contributed by atoms with van der Waals surface area (Å²) in [5.41, 5.74) is 2.74. The highest BCUT2D eigenvalue weighted by atomic mass is 32.2. The van der Waals surface area contributed by atoms with E-state index in [9.17, 15) is 8.42 Å². The van der Waals surface area contributed by atoms with E-state index in [1.807, 2.05) is 6.92 Å². The second kappa shape index (κ2) is 7.78. The molecule has 0 radical (unpaired) electrons. The van der Waals surface area contributed by atoms with Gasteiger partial charge in [-0.05, 0) is 51.1 Å². The van der Waals surface area contributed by atoms with Gasteiger partial charge >= 0.3 is 0 Å². The predicted molar refractivity (Wildman–Crippen MR) is 97.1 cm³/mol. The third-order valence-corrected chi connectivity index (χ3v) is 8.05. The van der Waals surface area contributed by atoms with Crippen LogP contribution < -0.4 is 5.32 Å². The van der Waals surface area contributed by atoms with E-state index in [0.717, 1.165) is 42.9 Å². The molecule has 3 rings (SSSR count). The quantitative estimate of drug-likeness (QED) is 0.827. The minimum Gasteiger partial charge on any atom is -0.316 e. The molecular formula is C16H28N4O2S2. The van der Waals surface area contributed by atoms with E-state index in [1.165, 1.54) is 0 Å². The third-order valence-electron chi connectivity index (χ3n) is 5.18. The van der Waals surface area contributed by atoms with Gasteiger partial charge < -0.3 is 5.32 Å². The molecule has 8 heteroatoms. The summed E-state index contributed by atoms with van der Waals surface area (Å²) >= 11 is 1.55. The zero-order valence-corrected chi connectivity index (χ0v) is 16.2. The summed E-state index contributed by atoms with van der Waals surface area (Å²) in [5, 5.41) is 3.34. The Kier molecular flexibility index (Phi) is 5.92. The molecule has 0 amide bonds. The Balaban J connectivity index is 1.78. The molecule has 1 aromatic rings. The summed E-state index contributed by atoms with van der Waals surface area (Å²) in [5.74, 6) is 1.02. The lowest BCUT2D eigenvalue weighted by Gasteiger charge is -2.34. The van der Waals surface area contributed by atoms with Crippen LogP contribution in [0.3, 0.4) is 0 Å². The average Bonchev–Trinajstić information content (AvgIpc) is 3.19. The molecule has 0 aliphatic carbocycles. The van der Waals surface area contributed by atoms with E-state index in [1.54, 1.807) is 25.5 Å². The van der Waals surface area contributed by atoms with Crippen molar-refractivity contribution in [2.45, 2.75) is 39.7 Å². The normalized spacial score (nSPS) is 24.0. The van der Waals surface area contributed by atoms with Gasteiger partial charge in [-0.3, -0.25) is 0 Å². The number of nitrogens with zero attached hydrogens (tertiary/aromatic N) is 3. The molecular weight excluding hydrogens is 344 g/mol. The molecule has 24 heavy (non-hydrogen) atoms. The first-order chi connectivity index (χ1) is 11.5. The van der Waals surface area contributed by atoms with Crippen molar-refractivity contribution in [1.82, 2.24) is 18.9 Å². The van der Waals surface area contributed by atoms with Crippen molar-refractivity contribution in [2.24, 2.45) is 11.8 Å². The van der Waals surface area contributed by atoms with E-state index in [0.29, 0.717) is 38.0 Å². The first-order valence-corrected chi connectivity index (χ1v) is 11.1. The number of rotatable bonds is 6. The number of aryl methyl sites for hydroxylation is 1. The van der Waals surface area contributed by atoms with Gasteiger partial charge in [0.1, 0.15) is 0 Å². The lowest BCUT2D eigenvalue weighted by molar-refractivity contribution is 0.254. The van der Waals surface area contributed by atoms with Crippen molar-refractivity contribution in [3.63, 3.8) is 0 Å². The SMILES string of the molecule is Cc1ncsc1CN(CC1CCNC1)S(=O)(=O)N1CCC(C)CC1. The highest BCUT2D eigenvalue weighted by Crippen LogP contribution is 2.25. The van der Waals surface area contributed by atoms with Crippen molar-refractivity contribution in [1.29, 1.82) is 0 Å². The summed E-state index contributed by atoms with van der Waals surface area (Å²) in [6, 6.07) is 0. The van der Waals surface area contributed by atoms with Gasteiger partial charge in [0.2, 0.25) is 0 Å². The fraction of sp³-hybridized carbons (Fsp3) is 0.812. The molecule has 1 unspecified atom stereocenters. The number of hydrogen-bond donors (Lipinski definition) is 1. The molecule has 1 aromatic heterocycles. The van der Waals surface area contributed by atoms with Crippen LogP contribution in [-0.4, -0.2) is 54.7 Å². The minimum atomic E-state index is -3.41. The fourth-order valence-corrected chi connectivity index (χ4v) is 5.98. The van der Waals surface area contributed by atoms with Gasteiger partial charge in [0.05, 0.1) is 17.7 Å². The van der Waals surface area contributed by atoms with Crippen molar-refractivity contribution >= 4 is 21.5 Å². The van der Waals surface area contributed by atoms with Crippen LogP contribution in [0.15, 0.2) is 5.51 Å². The van der Waals surface area contributed by atoms with Crippen LogP contribution >= 0.6 is 11.3 Å². The van der Waals surface area contributed by atoms with Crippen molar-refractivity contribution < 1.29 is 8.42 Å². The highest BCUT2D eigenvalue weighted by Gasteiger charge is 2.34. The van der Waals surface area contributed by atoms with Crippen molar-refractivity contribution in [2.75, 3.05) is 32.7 Å². The maximum absolute atomic E-state index is 13.2. The maximum atomic E-state index is 13.2. The van der Waals surface area contributed by atoms with Crippen LogP contribution in [0.1, 0.15) is 36.8 Å². The van der Waals surface area contributed by atoms with Crippen LogP contribution in [0.5, 0.6) is 0 Å². The van der Waals surface area contributed by atoms with Crippen molar-refractivity contribution in [3.8, 4) is 0 Å². The van der Waals surface area contributed by atoms with Gasteiger partial charge in [0.25, 0.3) is 10.2 Å². The van der Waals surface area contributed by atoms with Crippen LogP contribution in [0, 0.1) is 18.8 Å². The first kappa shape index (κ1) is 18.3. The standard InChI is InChI=1S/C16H28N4O2S2/c1-13-4-7-19(8-5-13)24(21,22)20(10-15-3-6-17-9-15)11-16-14(2)18-12-23-16/h12-13,15,17H,3-11H2,1-2H3. The summed E-state index contributed by atoms with van der Waals surface area (Å²) < 4.78 is 29.8. The molecule has 3 heterocycles. The summed E-state index contributed by atoms with van der Waals surface area (Å²) in [4.78, 5) is 5.33. The van der Waals surface area contributed by atoms with Crippen LogP contribution in [0.25, 0.3) is 0 Å². The Morgan fingerprint density at radius 1 is 1.38 bits per heavy atom. The van der Waals surface area contributed by atoms with E-state index < -0.39 is 10.2 Å². The van der Waals surface area contributed by atoms with E-state index in [2.05, 4.69) is 17.2 Å². The predicted octanol–water partition coefficient (Wildman–Crippen LogP) is 1.84. The zero-order valence-electron chi connectivity index (χ0n) is 14.6. The monoisotopic (exact) mass is 372 g/mol. The van der Waals surface area contributed by atoms with Gasteiger partial charge in [-0.2, -0.15) is 17.0 Å². The Bertz CT molecular complexity index is 632. The number of piperidine rings is 1. The molecule has 2 saturated heterocycles. The van der Waals surface area contributed by atoms with E-state index in [-0.39, 0.29) is 0 Å². The van der Waals surface area contributed by atoms with E-state index in [4.69, 9.17) is 0 Å². The molecule has 0 spiro atoms. The largest absolute Gasteiger partial charge is 0.316 e. The number of aromatic nitrogens is 1.